The number of nitro groups is 1. The van der Waals surface area contributed by atoms with Crippen LogP contribution in [0.15, 0.2) is 24.3 Å². The van der Waals surface area contributed by atoms with Gasteiger partial charge in [0.2, 0.25) is 0 Å². The summed E-state index contributed by atoms with van der Waals surface area (Å²) in [4.78, 5) is 10.6. The van der Waals surface area contributed by atoms with Crippen molar-refractivity contribution < 1.29 is 15.3 Å². The van der Waals surface area contributed by atoms with Crippen LogP contribution < -0.4 is 0 Å². The van der Waals surface area contributed by atoms with E-state index in [1.54, 1.807) is 39.8 Å². The van der Waals surface area contributed by atoms with Gasteiger partial charge in [0.25, 0.3) is 5.69 Å². The van der Waals surface area contributed by atoms with Gasteiger partial charge >= 0.3 is 0 Å². The Kier molecular flexibility index (Phi) is 3.34. The van der Waals surface area contributed by atoms with Crippen molar-refractivity contribution in [1.29, 1.82) is 0 Å². The molecule has 0 bridgehead atoms. The molecule has 0 saturated carbocycles. The van der Waals surface area contributed by atoms with Crippen molar-refractivity contribution >= 4 is 5.69 Å². The maximum absolute atomic E-state index is 11.1. The smallest absolute Gasteiger partial charge is 0.275 e. The molecule has 1 heterocycles. The van der Waals surface area contributed by atoms with Crippen LogP contribution in [0.2, 0.25) is 0 Å². The van der Waals surface area contributed by atoms with Crippen LogP contribution in [0.3, 0.4) is 0 Å². The van der Waals surface area contributed by atoms with Crippen molar-refractivity contribution in [3.8, 4) is 0 Å². The third kappa shape index (κ3) is 1.82. The molecule has 0 aromatic heterocycles. The highest BCUT2D eigenvalue weighted by molar-refractivity contribution is 5.42. The topological polar surface area (TPSA) is 90.1 Å². The molecule has 7 nitrogen and oxygen atoms in total. The van der Waals surface area contributed by atoms with E-state index in [-0.39, 0.29) is 11.3 Å². The predicted molar refractivity (Wildman–Crippen MR) is 71.2 cm³/mol. The summed E-state index contributed by atoms with van der Waals surface area (Å²) in [6.45, 7) is 7.08. The number of hydroxylamine groups is 4. The average molecular weight is 281 g/mol. The molecule has 0 aliphatic carbocycles. The number of hydrogen-bond acceptors (Lipinski definition) is 6. The maximum atomic E-state index is 11.1. The van der Waals surface area contributed by atoms with Crippen LogP contribution in [0.4, 0.5) is 5.69 Å². The zero-order valence-corrected chi connectivity index (χ0v) is 11.9. The summed E-state index contributed by atoms with van der Waals surface area (Å²) in [6.07, 6.45) is -0.985. The largest absolute Gasteiger partial charge is 0.311 e. The van der Waals surface area contributed by atoms with Crippen LogP contribution in [-0.2, 0) is 0 Å². The van der Waals surface area contributed by atoms with Crippen molar-refractivity contribution in [2.45, 2.75) is 44.9 Å². The Morgan fingerprint density at radius 3 is 2.00 bits per heavy atom. The van der Waals surface area contributed by atoms with E-state index in [9.17, 15) is 20.5 Å². The van der Waals surface area contributed by atoms with Crippen LogP contribution in [0.5, 0.6) is 0 Å². The van der Waals surface area contributed by atoms with Gasteiger partial charge in [-0.2, -0.15) is 10.1 Å². The number of hydrogen-bond donors (Lipinski definition) is 2. The number of para-hydroxylation sites is 1. The highest BCUT2D eigenvalue weighted by Gasteiger charge is 2.59. The molecule has 0 unspecified atom stereocenters. The second-order valence-corrected chi connectivity index (χ2v) is 6.00. The minimum absolute atomic E-state index is 0.135. The van der Waals surface area contributed by atoms with Gasteiger partial charge in [0.05, 0.1) is 21.6 Å². The van der Waals surface area contributed by atoms with Crippen LogP contribution in [0.1, 0.15) is 39.4 Å². The number of benzene rings is 1. The Bertz CT molecular complexity index is 524. The zero-order chi connectivity index (χ0) is 15.3. The van der Waals surface area contributed by atoms with E-state index in [1.165, 1.54) is 12.1 Å². The van der Waals surface area contributed by atoms with Crippen LogP contribution >= 0.6 is 0 Å². The second-order valence-electron chi connectivity index (χ2n) is 6.00. The van der Waals surface area contributed by atoms with Crippen LogP contribution in [0.25, 0.3) is 0 Å². The van der Waals surface area contributed by atoms with Gasteiger partial charge < -0.3 is 10.4 Å². The number of rotatable bonds is 2. The molecule has 0 atom stereocenters. The normalized spacial score (nSPS) is 23.1. The van der Waals surface area contributed by atoms with E-state index in [0.29, 0.717) is 0 Å². The molecule has 1 aliphatic rings. The molecule has 2 rings (SSSR count). The first kappa shape index (κ1) is 14.9. The van der Waals surface area contributed by atoms with E-state index < -0.39 is 22.2 Å². The van der Waals surface area contributed by atoms with Gasteiger partial charge in [-0.1, -0.05) is 12.1 Å². The van der Waals surface area contributed by atoms with Crippen LogP contribution in [0, 0.1) is 10.1 Å². The summed E-state index contributed by atoms with van der Waals surface area (Å²) in [5, 5.41) is 33.8. The molecule has 2 N–H and O–H groups in total. The van der Waals surface area contributed by atoms with E-state index in [0.717, 1.165) is 10.1 Å². The lowest BCUT2D eigenvalue weighted by molar-refractivity contribution is -0.387. The van der Waals surface area contributed by atoms with E-state index in [1.807, 2.05) is 0 Å². The first-order valence-corrected chi connectivity index (χ1v) is 6.32. The highest BCUT2D eigenvalue weighted by Crippen LogP contribution is 2.48. The summed E-state index contributed by atoms with van der Waals surface area (Å²) in [6, 6.07) is 6.08. The molecular formula is C13H19N3O4. The quantitative estimate of drug-likeness (QED) is 0.639. The molecule has 20 heavy (non-hydrogen) atoms. The molecule has 110 valence electrons. The van der Waals surface area contributed by atoms with Crippen molar-refractivity contribution in [1.82, 2.24) is 10.1 Å². The minimum atomic E-state index is -0.985. The summed E-state index contributed by atoms with van der Waals surface area (Å²) in [7, 11) is 0. The minimum Gasteiger partial charge on any atom is -0.311 e. The van der Waals surface area contributed by atoms with Gasteiger partial charge in [0, 0.05) is 6.07 Å². The Morgan fingerprint density at radius 1 is 1.10 bits per heavy atom. The van der Waals surface area contributed by atoms with Crippen molar-refractivity contribution in [2.75, 3.05) is 0 Å². The lowest BCUT2D eigenvalue weighted by Gasteiger charge is -2.37. The first-order chi connectivity index (χ1) is 9.12. The average Bonchev–Trinajstić information content (AvgIpc) is 2.49. The van der Waals surface area contributed by atoms with Crippen LogP contribution in [-0.4, -0.2) is 36.5 Å². The highest BCUT2D eigenvalue weighted by atomic mass is 16.6. The summed E-state index contributed by atoms with van der Waals surface area (Å²) in [5.74, 6) is 0. The van der Waals surface area contributed by atoms with E-state index in [2.05, 4.69) is 0 Å². The van der Waals surface area contributed by atoms with Gasteiger partial charge in [0.15, 0.2) is 0 Å². The third-order valence-corrected chi connectivity index (χ3v) is 4.52. The molecule has 1 saturated heterocycles. The maximum Gasteiger partial charge on any atom is 0.275 e. The van der Waals surface area contributed by atoms with Gasteiger partial charge in [0.1, 0.15) is 6.17 Å². The summed E-state index contributed by atoms with van der Waals surface area (Å²) >= 11 is 0. The van der Waals surface area contributed by atoms with E-state index >= 15 is 0 Å². The molecule has 0 spiro atoms. The Morgan fingerprint density at radius 2 is 1.55 bits per heavy atom. The second kappa shape index (κ2) is 4.49. The fraction of sp³-hybridized carbons (Fsp3) is 0.538. The fourth-order valence-electron chi connectivity index (χ4n) is 2.41. The molecule has 0 amide bonds. The summed E-state index contributed by atoms with van der Waals surface area (Å²) < 4.78 is 0. The fourth-order valence-corrected chi connectivity index (χ4v) is 2.41. The molecule has 1 aromatic carbocycles. The van der Waals surface area contributed by atoms with Crippen molar-refractivity contribution in [3.05, 3.63) is 39.9 Å². The Balaban J connectivity index is 2.57. The van der Waals surface area contributed by atoms with Gasteiger partial charge in [-0.25, -0.2) is 0 Å². The monoisotopic (exact) mass is 281 g/mol. The van der Waals surface area contributed by atoms with Gasteiger partial charge in [-0.05, 0) is 33.8 Å². The van der Waals surface area contributed by atoms with Gasteiger partial charge in [-0.15, -0.1) is 0 Å². The lowest BCUT2D eigenvalue weighted by Crippen LogP contribution is -2.52. The summed E-state index contributed by atoms with van der Waals surface area (Å²) in [5.41, 5.74) is -1.45. The first-order valence-electron chi connectivity index (χ1n) is 6.32. The molecule has 1 aromatic rings. The Hall–Kier alpha value is -1.54. The SMILES string of the molecule is CC1(C)N(O)C(c2ccccc2[N+](=O)[O-])N(O)C1(C)C. The van der Waals surface area contributed by atoms with Crippen molar-refractivity contribution in [2.24, 2.45) is 0 Å². The molecule has 7 heteroatoms. The lowest BCUT2D eigenvalue weighted by atomic mass is 9.84. The Labute approximate surface area is 117 Å². The zero-order valence-electron chi connectivity index (χ0n) is 11.9. The van der Waals surface area contributed by atoms with Gasteiger partial charge in [-0.3, -0.25) is 10.1 Å². The predicted octanol–water partition coefficient (Wildman–Crippen LogP) is 2.55. The third-order valence-electron chi connectivity index (χ3n) is 4.52. The molecule has 1 aliphatic heterocycles. The molecular weight excluding hydrogens is 262 g/mol. The van der Waals surface area contributed by atoms with Crippen molar-refractivity contribution in [3.63, 3.8) is 0 Å². The standard InChI is InChI=1S/C13H19N3O4/c1-12(2)13(3,4)15(18)11(14(12)17)9-7-5-6-8-10(9)16(19)20/h5-8,11,17-18H,1-4H3. The number of nitrogens with zero attached hydrogens (tertiary/aromatic N) is 3. The molecule has 1 fully saturated rings. The number of nitro benzene ring substituents is 1. The van der Waals surface area contributed by atoms with E-state index in [4.69, 9.17) is 0 Å². The molecule has 0 radical (unpaired) electrons.